The van der Waals surface area contributed by atoms with Crippen LogP contribution in [-0.2, 0) is 21.6 Å². The largest absolute Gasteiger partial charge is 0.348 e. The highest BCUT2D eigenvalue weighted by molar-refractivity contribution is 9.08. The van der Waals surface area contributed by atoms with Crippen LogP contribution in [0.3, 0.4) is 0 Å². The number of hydrogen-bond donors (Lipinski definition) is 0. The predicted octanol–water partition coefficient (Wildman–Crippen LogP) is 6.00. The molecular formula is C25H29BrN2O2S2. The second-order valence-corrected chi connectivity index (χ2v) is 12.3. The second-order valence-electron chi connectivity index (χ2n) is 8.68. The molecule has 1 aliphatic rings. The van der Waals surface area contributed by atoms with Crippen LogP contribution in [0.25, 0.3) is 0 Å². The lowest BCUT2D eigenvalue weighted by molar-refractivity contribution is 0.529. The average Bonchev–Trinajstić information content (AvgIpc) is 3.25. The second kappa shape index (κ2) is 9.65. The van der Waals surface area contributed by atoms with Crippen LogP contribution < -0.4 is 4.90 Å². The molecule has 2 heterocycles. The molecule has 1 aliphatic heterocycles. The van der Waals surface area contributed by atoms with Crippen molar-refractivity contribution >= 4 is 42.2 Å². The Hall–Kier alpha value is -1.70. The summed E-state index contributed by atoms with van der Waals surface area (Å²) in [6.45, 7) is 7.91. The Morgan fingerprint density at radius 1 is 1.06 bits per heavy atom. The minimum absolute atomic E-state index is 0.328. The van der Waals surface area contributed by atoms with Crippen molar-refractivity contribution in [2.24, 2.45) is 0 Å². The zero-order chi connectivity index (χ0) is 22.9. The number of rotatable bonds is 6. The molecule has 0 radical (unpaired) electrons. The van der Waals surface area contributed by atoms with Crippen LogP contribution in [0, 0.1) is 20.8 Å². The molecule has 0 saturated carbocycles. The number of alkyl halides is 1. The highest BCUT2D eigenvalue weighted by Crippen LogP contribution is 2.30. The van der Waals surface area contributed by atoms with Crippen LogP contribution in [0.15, 0.2) is 46.7 Å². The third kappa shape index (κ3) is 4.95. The summed E-state index contributed by atoms with van der Waals surface area (Å²) in [5.41, 5.74) is 7.43. The molecule has 4 rings (SSSR count). The van der Waals surface area contributed by atoms with Gasteiger partial charge in [-0.1, -0.05) is 45.8 Å². The summed E-state index contributed by atoms with van der Waals surface area (Å²) in [4.78, 5) is 7.56. The number of hydrogen-bond acceptors (Lipinski definition) is 5. The fourth-order valence-corrected chi connectivity index (χ4v) is 7.50. The van der Waals surface area contributed by atoms with Gasteiger partial charge >= 0.3 is 0 Å². The number of benzene rings is 2. The van der Waals surface area contributed by atoms with E-state index in [0.29, 0.717) is 17.7 Å². The van der Waals surface area contributed by atoms with Gasteiger partial charge in [-0.2, -0.15) is 0 Å². The molecular weight excluding hydrogens is 504 g/mol. The molecule has 0 amide bonds. The number of sulfone groups is 1. The van der Waals surface area contributed by atoms with E-state index in [1.165, 1.54) is 22.3 Å². The van der Waals surface area contributed by atoms with Crippen molar-refractivity contribution in [3.8, 4) is 0 Å². The van der Waals surface area contributed by atoms with Crippen molar-refractivity contribution in [2.45, 2.75) is 55.5 Å². The topological polar surface area (TPSA) is 50.3 Å². The third-order valence-electron chi connectivity index (χ3n) is 6.30. The van der Waals surface area contributed by atoms with Crippen molar-refractivity contribution < 1.29 is 8.42 Å². The number of aromatic nitrogens is 1. The molecule has 1 aromatic heterocycles. The number of anilines is 1. The highest BCUT2D eigenvalue weighted by Gasteiger charge is 2.32. The maximum atomic E-state index is 13.1. The molecule has 2 aromatic carbocycles. The Kier molecular flexibility index (Phi) is 7.08. The van der Waals surface area contributed by atoms with Gasteiger partial charge in [0.15, 0.2) is 15.0 Å². The summed E-state index contributed by atoms with van der Waals surface area (Å²) in [5, 5.41) is 3.54. The summed E-state index contributed by atoms with van der Waals surface area (Å²) in [7, 11) is -3.30. The van der Waals surface area contributed by atoms with E-state index in [-0.39, 0.29) is 5.25 Å². The van der Waals surface area contributed by atoms with Gasteiger partial charge in [-0.25, -0.2) is 13.4 Å². The van der Waals surface area contributed by atoms with Crippen LogP contribution in [0.5, 0.6) is 0 Å². The number of halogens is 1. The highest BCUT2D eigenvalue weighted by atomic mass is 79.9. The normalized spacial score (nSPS) is 15.3. The summed E-state index contributed by atoms with van der Waals surface area (Å²) in [5.74, 6) is 0. The van der Waals surface area contributed by atoms with E-state index in [1.807, 2.05) is 12.1 Å². The first-order valence-corrected chi connectivity index (χ1v) is 14.5. The lowest BCUT2D eigenvalue weighted by Gasteiger charge is -2.31. The zero-order valence-corrected chi connectivity index (χ0v) is 22.0. The monoisotopic (exact) mass is 532 g/mol. The molecule has 0 N–H and O–H groups in total. The molecule has 0 atom stereocenters. The number of piperidine rings is 1. The maximum Gasteiger partial charge on any atom is 0.185 e. The van der Waals surface area contributed by atoms with Gasteiger partial charge in [0.25, 0.3) is 0 Å². The Bertz CT molecular complexity index is 1170. The quantitative estimate of drug-likeness (QED) is 0.365. The minimum Gasteiger partial charge on any atom is -0.348 e. The first-order valence-electron chi connectivity index (χ1n) is 10.9. The van der Waals surface area contributed by atoms with Crippen molar-refractivity contribution in [3.05, 3.63) is 75.3 Å². The molecule has 3 aromatic rings. The first kappa shape index (κ1) is 23.5. The number of thiazole rings is 1. The lowest BCUT2D eigenvalue weighted by atomic mass is 9.96. The Morgan fingerprint density at radius 3 is 2.28 bits per heavy atom. The standard InChI is InChI=1S/C25H29BrN2O2S2/c1-17-12-18(2)24(19(3)13-17)14-21-16-31-25(27-21)28-10-8-23(9-11-28)32(29,30)22-6-4-20(15-26)5-7-22/h4-7,12-13,16,23H,8-11,14-15H2,1-3H3. The van der Waals surface area contributed by atoms with Crippen molar-refractivity contribution in [1.82, 2.24) is 4.98 Å². The van der Waals surface area contributed by atoms with Crippen LogP contribution in [0.4, 0.5) is 5.13 Å². The van der Waals surface area contributed by atoms with E-state index >= 15 is 0 Å². The van der Waals surface area contributed by atoms with E-state index in [2.05, 4.69) is 59.1 Å². The van der Waals surface area contributed by atoms with Gasteiger partial charge in [-0.05, 0) is 68.0 Å². The van der Waals surface area contributed by atoms with E-state index < -0.39 is 9.84 Å². The van der Waals surface area contributed by atoms with Gasteiger partial charge < -0.3 is 4.90 Å². The van der Waals surface area contributed by atoms with Crippen molar-refractivity contribution in [1.29, 1.82) is 0 Å². The van der Waals surface area contributed by atoms with Crippen LogP contribution in [0.2, 0.25) is 0 Å². The van der Waals surface area contributed by atoms with E-state index in [9.17, 15) is 8.42 Å². The first-order chi connectivity index (χ1) is 15.3. The SMILES string of the molecule is Cc1cc(C)c(Cc2csc(N3CCC(S(=O)(=O)c4ccc(CBr)cc4)CC3)n2)c(C)c1. The van der Waals surface area contributed by atoms with Gasteiger partial charge in [0, 0.05) is 30.2 Å². The van der Waals surface area contributed by atoms with Gasteiger partial charge in [0.05, 0.1) is 15.8 Å². The summed E-state index contributed by atoms with van der Waals surface area (Å²) in [6, 6.07) is 11.7. The van der Waals surface area contributed by atoms with Crippen LogP contribution in [-0.4, -0.2) is 31.7 Å². The summed E-state index contributed by atoms with van der Waals surface area (Å²) >= 11 is 5.07. The Morgan fingerprint density at radius 2 is 1.69 bits per heavy atom. The molecule has 170 valence electrons. The zero-order valence-electron chi connectivity index (χ0n) is 18.8. The van der Waals surface area contributed by atoms with E-state index in [4.69, 9.17) is 4.98 Å². The third-order valence-corrected chi connectivity index (χ3v) is 10.2. The van der Waals surface area contributed by atoms with Gasteiger partial charge in [0.1, 0.15) is 0 Å². The summed E-state index contributed by atoms with van der Waals surface area (Å²) < 4.78 is 26.2. The van der Waals surface area contributed by atoms with E-state index in [0.717, 1.165) is 41.2 Å². The molecule has 0 bridgehead atoms. The van der Waals surface area contributed by atoms with Crippen LogP contribution in [0.1, 0.15) is 46.4 Å². The van der Waals surface area contributed by atoms with Crippen molar-refractivity contribution in [3.63, 3.8) is 0 Å². The van der Waals surface area contributed by atoms with Crippen LogP contribution >= 0.6 is 27.3 Å². The molecule has 7 heteroatoms. The number of nitrogens with zero attached hydrogens (tertiary/aromatic N) is 2. The predicted molar refractivity (Wildman–Crippen MR) is 137 cm³/mol. The van der Waals surface area contributed by atoms with Gasteiger partial charge in [-0.3, -0.25) is 0 Å². The maximum absolute atomic E-state index is 13.1. The Balaban J connectivity index is 1.41. The summed E-state index contributed by atoms with van der Waals surface area (Å²) in [6.07, 6.45) is 2.10. The lowest BCUT2D eigenvalue weighted by Crippen LogP contribution is -2.39. The fraction of sp³-hybridized carbons (Fsp3) is 0.400. The smallest absolute Gasteiger partial charge is 0.185 e. The van der Waals surface area contributed by atoms with Gasteiger partial charge in [-0.15, -0.1) is 11.3 Å². The Labute approximate surface area is 203 Å². The van der Waals surface area contributed by atoms with Gasteiger partial charge in [0.2, 0.25) is 0 Å². The molecule has 0 aliphatic carbocycles. The van der Waals surface area contributed by atoms with Crippen molar-refractivity contribution in [2.75, 3.05) is 18.0 Å². The molecule has 32 heavy (non-hydrogen) atoms. The molecule has 0 spiro atoms. The minimum atomic E-state index is -3.30. The molecule has 0 unspecified atom stereocenters. The van der Waals surface area contributed by atoms with E-state index in [1.54, 1.807) is 23.5 Å². The molecule has 4 nitrogen and oxygen atoms in total. The fourth-order valence-electron chi connectivity index (χ4n) is 4.51. The average molecular weight is 534 g/mol. The molecule has 1 saturated heterocycles. The molecule has 1 fully saturated rings. The number of aryl methyl sites for hydroxylation is 3.